The largest absolute Gasteiger partial charge is 0.491 e. The Balaban J connectivity index is 1.62. The first-order valence-electron chi connectivity index (χ1n) is 9.46. The fraction of sp³-hybridized carbons (Fsp3) is 0.526. The van der Waals surface area contributed by atoms with Crippen LogP contribution >= 0.6 is 0 Å². The van der Waals surface area contributed by atoms with E-state index in [1.165, 1.54) is 0 Å². The third kappa shape index (κ3) is 4.64. The second kappa shape index (κ2) is 8.49. The zero-order valence-electron chi connectivity index (χ0n) is 15.3. The summed E-state index contributed by atoms with van der Waals surface area (Å²) in [5.74, 6) is 0.770. The Labute approximate surface area is 158 Å². The van der Waals surface area contributed by atoms with Gasteiger partial charge in [-0.3, -0.25) is 9.69 Å². The Morgan fingerprint density at radius 1 is 1.07 bits per heavy atom. The first kappa shape index (κ1) is 17.9. The topological polar surface area (TPSA) is 81.5 Å². The number of carbonyl (C=O) groups excluding carboxylic acids is 1. The van der Waals surface area contributed by atoms with Crippen molar-refractivity contribution in [1.29, 1.82) is 0 Å². The van der Waals surface area contributed by atoms with Crippen molar-refractivity contribution in [2.45, 2.75) is 38.5 Å². The molecule has 0 radical (unpaired) electrons. The third-order valence-corrected chi connectivity index (χ3v) is 4.99. The first-order chi connectivity index (χ1) is 13.3. The van der Waals surface area contributed by atoms with Crippen LogP contribution in [0.1, 0.15) is 24.1 Å². The molecule has 8 nitrogen and oxygen atoms in total. The molecule has 2 aromatic rings. The van der Waals surface area contributed by atoms with Gasteiger partial charge in [0.25, 0.3) is 0 Å². The number of hydrogen-bond donors (Lipinski definition) is 1. The van der Waals surface area contributed by atoms with Gasteiger partial charge in [0.1, 0.15) is 18.9 Å². The SMILES string of the molecule is O=C1Cn2cc(nn2)CN(C2CCOCC2)Cc2ccccc2OCCN1. The smallest absolute Gasteiger partial charge is 0.241 e. The molecule has 0 saturated carbocycles. The summed E-state index contributed by atoms with van der Waals surface area (Å²) in [5, 5.41) is 11.2. The summed E-state index contributed by atoms with van der Waals surface area (Å²) in [6, 6.07) is 8.52. The summed E-state index contributed by atoms with van der Waals surface area (Å²) >= 11 is 0. The molecule has 1 saturated heterocycles. The van der Waals surface area contributed by atoms with Crippen molar-refractivity contribution < 1.29 is 14.3 Å². The molecule has 1 aromatic carbocycles. The number of fused-ring (bicyclic) bond motifs is 3. The number of nitrogens with zero attached hydrogens (tertiary/aromatic N) is 4. The summed E-state index contributed by atoms with van der Waals surface area (Å²) < 4.78 is 13.1. The van der Waals surface area contributed by atoms with E-state index in [2.05, 4.69) is 26.6 Å². The van der Waals surface area contributed by atoms with Crippen molar-refractivity contribution in [1.82, 2.24) is 25.2 Å². The van der Waals surface area contributed by atoms with Gasteiger partial charge < -0.3 is 14.8 Å². The number of rotatable bonds is 1. The maximum atomic E-state index is 12.0. The van der Waals surface area contributed by atoms with Gasteiger partial charge in [0.15, 0.2) is 0 Å². The predicted molar refractivity (Wildman–Crippen MR) is 98.1 cm³/mol. The van der Waals surface area contributed by atoms with Gasteiger partial charge in [0.05, 0.1) is 18.4 Å². The molecule has 2 aliphatic heterocycles. The molecule has 0 atom stereocenters. The third-order valence-electron chi connectivity index (χ3n) is 4.99. The van der Waals surface area contributed by atoms with Crippen LogP contribution in [0, 0.1) is 0 Å². The standard InChI is InChI=1S/C19H25N5O3/c25-19-14-24-13-16(21-22-24)12-23(17-5-8-26-9-6-17)11-15-3-1-2-4-18(15)27-10-7-20-19/h1-4,13,17H,5-12,14H2,(H,20,25). The lowest BCUT2D eigenvalue weighted by Crippen LogP contribution is -2.38. The lowest BCUT2D eigenvalue weighted by atomic mass is 10.0. The minimum absolute atomic E-state index is 0.0957. The highest BCUT2D eigenvalue weighted by molar-refractivity contribution is 5.75. The van der Waals surface area contributed by atoms with Crippen LogP contribution in [0.3, 0.4) is 0 Å². The molecule has 2 aliphatic rings. The molecule has 3 heterocycles. The summed E-state index contributed by atoms with van der Waals surface area (Å²) in [5.41, 5.74) is 2.00. The molecule has 0 aliphatic carbocycles. The van der Waals surface area contributed by atoms with Crippen LogP contribution in [-0.4, -0.2) is 58.2 Å². The Bertz CT molecular complexity index is 772. The van der Waals surface area contributed by atoms with Crippen LogP contribution < -0.4 is 10.1 Å². The number of benzene rings is 1. The lowest BCUT2D eigenvalue weighted by molar-refractivity contribution is -0.121. The average Bonchev–Trinajstić information content (AvgIpc) is 3.12. The van der Waals surface area contributed by atoms with E-state index in [9.17, 15) is 4.79 Å². The van der Waals surface area contributed by atoms with E-state index >= 15 is 0 Å². The number of aromatic nitrogens is 3. The van der Waals surface area contributed by atoms with Gasteiger partial charge in [-0.2, -0.15) is 0 Å². The van der Waals surface area contributed by atoms with Crippen molar-refractivity contribution in [2.75, 3.05) is 26.4 Å². The van der Waals surface area contributed by atoms with Crippen LogP contribution in [0.15, 0.2) is 30.5 Å². The van der Waals surface area contributed by atoms with Crippen LogP contribution in [0.2, 0.25) is 0 Å². The fourth-order valence-electron chi connectivity index (χ4n) is 3.61. The summed E-state index contributed by atoms with van der Waals surface area (Å²) in [7, 11) is 0. The Morgan fingerprint density at radius 3 is 2.81 bits per heavy atom. The van der Waals surface area contributed by atoms with E-state index in [-0.39, 0.29) is 12.5 Å². The zero-order chi connectivity index (χ0) is 18.5. The molecule has 144 valence electrons. The fourth-order valence-corrected chi connectivity index (χ4v) is 3.61. The molecule has 1 aromatic heterocycles. The number of nitrogens with one attached hydrogen (secondary N) is 1. The lowest BCUT2D eigenvalue weighted by Gasteiger charge is -2.34. The molecule has 1 N–H and O–H groups in total. The highest BCUT2D eigenvalue weighted by Crippen LogP contribution is 2.25. The van der Waals surface area contributed by atoms with Crippen molar-refractivity contribution in [3.63, 3.8) is 0 Å². The molecular weight excluding hydrogens is 346 g/mol. The second-order valence-corrected chi connectivity index (χ2v) is 6.96. The van der Waals surface area contributed by atoms with E-state index in [4.69, 9.17) is 9.47 Å². The second-order valence-electron chi connectivity index (χ2n) is 6.96. The van der Waals surface area contributed by atoms with Crippen molar-refractivity contribution in [2.24, 2.45) is 0 Å². The minimum atomic E-state index is -0.0957. The highest BCUT2D eigenvalue weighted by Gasteiger charge is 2.24. The minimum Gasteiger partial charge on any atom is -0.491 e. The molecule has 1 amide bonds. The van der Waals surface area contributed by atoms with Crippen molar-refractivity contribution >= 4 is 5.91 Å². The Morgan fingerprint density at radius 2 is 1.93 bits per heavy atom. The highest BCUT2D eigenvalue weighted by atomic mass is 16.5. The van der Waals surface area contributed by atoms with Gasteiger partial charge in [0, 0.05) is 37.9 Å². The molecule has 0 unspecified atom stereocenters. The molecular formula is C19H25N5O3. The summed E-state index contributed by atoms with van der Waals surface area (Å²) in [4.78, 5) is 14.5. The number of ether oxygens (including phenoxy) is 2. The zero-order valence-corrected chi connectivity index (χ0v) is 15.3. The van der Waals surface area contributed by atoms with Crippen molar-refractivity contribution in [3.8, 4) is 5.75 Å². The van der Waals surface area contributed by atoms with E-state index in [1.54, 1.807) is 4.68 Å². The maximum Gasteiger partial charge on any atom is 0.241 e. The maximum absolute atomic E-state index is 12.0. The number of para-hydroxylation sites is 1. The molecule has 0 spiro atoms. The van der Waals surface area contributed by atoms with Crippen molar-refractivity contribution in [3.05, 3.63) is 41.7 Å². The van der Waals surface area contributed by atoms with Crippen LogP contribution in [0.5, 0.6) is 5.75 Å². The quantitative estimate of drug-likeness (QED) is 0.804. The Kier molecular flexibility index (Phi) is 5.64. The van der Waals surface area contributed by atoms with Gasteiger partial charge in [-0.05, 0) is 18.9 Å². The van der Waals surface area contributed by atoms with Crippen LogP contribution in [-0.2, 0) is 29.2 Å². The normalized spacial score (nSPS) is 20.2. The molecule has 4 rings (SSSR count). The Hall–Kier alpha value is -2.45. The summed E-state index contributed by atoms with van der Waals surface area (Å²) in [6.07, 6.45) is 3.86. The average molecular weight is 371 g/mol. The van der Waals surface area contributed by atoms with Gasteiger partial charge in [-0.25, -0.2) is 4.68 Å². The molecule has 2 bridgehead atoms. The predicted octanol–water partition coefficient (Wildman–Crippen LogP) is 0.968. The van der Waals surface area contributed by atoms with Crippen LogP contribution in [0.25, 0.3) is 0 Å². The summed E-state index contributed by atoms with van der Waals surface area (Å²) in [6.45, 7) is 4.08. The van der Waals surface area contributed by atoms with Gasteiger partial charge >= 0.3 is 0 Å². The van der Waals surface area contributed by atoms with E-state index < -0.39 is 0 Å². The number of hydrogen-bond acceptors (Lipinski definition) is 6. The van der Waals surface area contributed by atoms with Crippen LogP contribution in [0.4, 0.5) is 0 Å². The number of carbonyl (C=O) groups is 1. The monoisotopic (exact) mass is 371 g/mol. The van der Waals surface area contributed by atoms with Gasteiger partial charge in [0.2, 0.25) is 5.91 Å². The van der Waals surface area contributed by atoms with Gasteiger partial charge in [-0.15, -0.1) is 5.10 Å². The molecule has 27 heavy (non-hydrogen) atoms. The first-order valence-corrected chi connectivity index (χ1v) is 9.46. The molecule has 1 fully saturated rings. The van der Waals surface area contributed by atoms with E-state index in [0.717, 1.165) is 49.6 Å². The number of amides is 1. The van der Waals surface area contributed by atoms with E-state index in [1.807, 2.05) is 24.4 Å². The van der Waals surface area contributed by atoms with Gasteiger partial charge in [-0.1, -0.05) is 23.4 Å². The van der Waals surface area contributed by atoms with E-state index in [0.29, 0.717) is 25.7 Å². The molecule has 8 heteroatoms.